The molecule has 0 aromatic heterocycles. The summed E-state index contributed by atoms with van der Waals surface area (Å²) in [7, 11) is 0. The normalized spacial score (nSPS) is 26.4. The van der Waals surface area contributed by atoms with E-state index in [0.29, 0.717) is 18.2 Å². The zero-order valence-electron chi connectivity index (χ0n) is 13.0. The van der Waals surface area contributed by atoms with Crippen LogP contribution in [-0.4, -0.2) is 53.3 Å². The topological polar surface area (TPSA) is 90.5 Å². The van der Waals surface area contributed by atoms with E-state index in [0.717, 1.165) is 44.3 Å². The number of thioether (sulfide) groups is 1. The predicted octanol–water partition coefficient (Wildman–Crippen LogP) is 0.991. The average molecular weight is 329 g/mol. The Hall–Kier alpha value is -0.950. The molecule has 6 nitrogen and oxygen atoms in total. The fourth-order valence-electron chi connectivity index (χ4n) is 3.00. The monoisotopic (exact) mass is 329 g/mol. The highest BCUT2D eigenvalue weighted by Crippen LogP contribution is 2.33. The van der Waals surface area contributed by atoms with E-state index in [2.05, 4.69) is 16.0 Å². The second kappa shape index (κ2) is 9.25. The van der Waals surface area contributed by atoms with Crippen LogP contribution in [-0.2, 0) is 4.79 Å². The molecule has 2 fully saturated rings. The molecule has 2 aliphatic heterocycles. The molecule has 7 heteroatoms. The number of amides is 3. The van der Waals surface area contributed by atoms with Gasteiger partial charge < -0.3 is 21.1 Å². The molecule has 0 aromatic carbocycles. The van der Waals surface area contributed by atoms with Gasteiger partial charge in [0, 0.05) is 30.6 Å². The largest absolute Gasteiger partial charge is 0.396 e. The fraction of sp³-hybridized carbons (Fsp3) is 0.867. The zero-order chi connectivity index (χ0) is 15.8. The van der Waals surface area contributed by atoms with Crippen molar-refractivity contribution in [2.45, 2.75) is 62.3 Å². The maximum Gasteiger partial charge on any atom is 0.315 e. The van der Waals surface area contributed by atoms with E-state index in [1.807, 2.05) is 11.8 Å². The number of rotatable bonds is 10. The summed E-state index contributed by atoms with van der Waals surface area (Å²) in [6, 6.07) is 0.503. The lowest BCUT2D eigenvalue weighted by Crippen LogP contribution is -2.36. The minimum Gasteiger partial charge on any atom is -0.396 e. The van der Waals surface area contributed by atoms with Gasteiger partial charge in [-0.1, -0.05) is 6.42 Å². The molecular weight excluding hydrogens is 302 g/mol. The van der Waals surface area contributed by atoms with Crippen molar-refractivity contribution in [1.82, 2.24) is 16.0 Å². The number of hydrogen-bond donors (Lipinski definition) is 4. The molecule has 126 valence electrons. The van der Waals surface area contributed by atoms with Crippen LogP contribution in [0.15, 0.2) is 0 Å². The summed E-state index contributed by atoms with van der Waals surface area (Å²) in [5, 5.41) is 18.0. The Balaban J connectivity index is 1.49. The van der Waals surface area contributed by atoms with E-state index in [-0.39, 0.29) is 30.6 Å². The molecule has 4 N–H and O–H groups in total. The van der Waals surface area contributed by atoms with Crippen LogP contribution in [0.25, 0.3) is 0 Å². The van der Waals surface area contributed by atoms with Gasteiger partial charge >= 0.3 is 6.03 Å². The summed E-state index contributed by atoms with van der Waals surface area (Å²) in [5.74, 6) is 1.11. The highest BCUT2D eigenvalue weighted by Gasteiger charge is 2.42. The first-order valence-electron chi connectivity index (χ1n) is 8.27. The maximum absolute atomic E-state index is 11.7. The van der Waals surface area contributed by atoms with Gasteiger partial charge in [0.15, 0.2) is 0 Å². The molecule has 3 atom stereocenters. The van der Waals surface area contributed by atoms with Crippen LogP contribution in [0.3, 0.4) is 0 Å². The predicted molar refractivity (Wildman–Crippen MR) is 87.9 cm³/mol. The van der Waals surface area contributed by atoms with Crippen LogP contribution in [0.1, 0.15) is 44.9 Å². The van der Waals surface area contributed by atoms with Crippen LogP contribution < -0.4 is 16.0 Å². The number of unbranched alkanes of at least 4 members (excludes halogenated alkanes) is 3. The van der Waals surface area contributed by atoms with E-state index < -0.39 is 0 Å². The number of urea groups is 1. The van der Waals surface area contributed by atoms with Crippen LogP contribution in [0, 0.1) is 0 Å². The Morgan fingerprint density at radius 3 is 2.91 bits per heavy atom. The van der Waals surface area contributed by atoms with Gasteiger partial charge in [0.05, 0.1) is 12.1 Å². The first-order chi connectivity index (χ1) is 10.7. The van der Waals surface area contributed by atoms with Crippen LogP contribution in [0.5, 0.6) is 0 Å². The van der Waals surface area contributed by atoms with E-state index in [1.54, 1.807) is 0 Å². The molecule has 3 amide bonds. The number of nitrogens with one attached hydrogen (secondary N) is 3. The molecule has 0 bridgehead atoms. The van der Waals surface area contributed by atoms with Gasteiger partial charge in [0.25, 0.3) is 0 Å². The van der Waals surface area contributed by atoms with Crippen molar-refractivity contribution >= 4 is 23.7 Å². The van der Waals surface area contributed by atoms with Crippen molar-refractivity contribution in [3.8, 4) is 0 Å². The van der Waals surface area contributed by atoms with Crippen molar-refractivity contribution in [1.29, 1.82) is 0 Å². The zero-order valence-corrected chi connectivity index (χ0v) is 13.8. The molecule has 0 aliphatic carbocycles. The third-order valence-corrected chi connectivity index (χ3v) is 5.75. The van der Waals surface area contributed by atoms with E-state index >= 15 is 0 Å². The van der Waals surface area contributed by atoms with Crippen molar-refractivity contribution in [3.05, 3.63) is 0 Å². The van der Waals surface area contributed by atoms with Gasteiger partial charge in [-0.3, -0.25) is 4.79 Å². The Labute approximate surface area is 136 Å². The summed E-state index contributed by atoms with van der Waals surface area (Å²) in [5.41, 5.74) is 0. The first kappa shape index (κ1) is 17.4. The minimum atomic E-state index is -0.0409. The smallest absolute Gasteiger partial charge is 0.315 e. The lowest BCUT2D eigenvalue weighted by Gasteiger charge is -2.16. The number of fused-ring (bicyclic) bond motifs is 1. The lowest BCUT2D eigenvalue weighted by atomic mass is 10.0. The number of aliphatic hydroxyl groups excluding tert-OH is 1. The fourth-order valence-corrected chi connectivity index (χ4v) is 4.55. The number of hydrogen-bond acceptors (Lipinski definition) is 4. The second-order valence-corrected chi connectivity index (χ2v) is 7.27. The summed E-state index contributed by atoms with van der Waals surface area (Å²) >= 11 is 1.92. The Bertz CT molecular complexity index is 381. The molecule has 0 unspecified atom stereocenters. The van der Waals surface area contributed by atoms with Gasteiger partial charge in [0.2, 0.25) is 5.91 Å². The summed E-state index contributed by atoms with van der Waals surface area (Å²) in [6.07, 6.45) is 6.25. The van der Waals surface area contributed by atoms with Crippen molar-refractivity contribution in [3.63, 3.8) is 0 Å². The average Bonchev–Trinajstić information content (AvgIpc) is 3.03. The Morgan fingerprint density at radius 1 is 1.23 bits per heavy atom. The van der Waals surface area contributed by atoms with Crippen LogP contribution >= 0.6 is 11.8 Å². The molecule has 2 aliphatic rings. The SMILES string of the molecule is O=C(CCCC[C@@H]1SC[C@@H]2NC(=O)N[C@@H]21)NCCCCCO. The van der Waals surface area contributed by atoms with E-state index in [9.17, 15) is 9.59 Å². The Kier molecular flexibility index (Phi) is 7.32. The molecular formula is C15H27N3O3S. The molecule has 0 radical (unpaired) electrons. The molecule has 2 heterocycles. The van der Waals surface area contributed by atoms with Crippen molar-refractivity contribution in [2.75, 3.05) is 18.9 Å². The molecule has 22 heavy (non-hydrogen) atoms. The van der Waals surface area contributed by atoms with E-state index in [1.165, 1.54) is 0 Å². The van der Waals surface area contributed by atoms with Gasteiger partial charge in [0.1, 0.15) is 0 Å². The molecule has 2 saturated heterocycles. The summed E-state index contributed by atoms with van der Waals surface area (Å²) in [4.78, 5) is 23.0. The van der Waals surface area contributed by atoms with Gasteiger partial charge in [-0.15, -0.1) is 0 Å². The second-order valence-electron chi connectivity index (χ2n) is 6.00. The van der Waals surface area contributed by atoms with E-state index in [4.69, 9.17) is 5.11 Å². The standard InChI is InChI=1S/C15H27N3O3S/c19-9-5-1-4-8-16-13(20)7-3-2-6-12-14-11(10-22-12)17-15(21)18-14/h11-12,14,19H,1-10H2,(H,16,20)(H2,17,18,21)/t11-,12-,14-/m0/s1. The van der Waals surface area contributed by atoms with Crippen LogP contribution in [0.2, 0.25) is 0 Å². The minimum absolute atomic E-state index is 0.0409. The quantitative estimate of drug-likeness (QED) is 0.355. The summed E-state index contributed by atoms with van der Waals surface area (Å²) in [6.45, 7) is 0.934. The van der Waals surface area contributed by atoms with Gasteiger partial charge in [-0.05, 0) is 32.1 Å². The highest BCUT2D eigenvalue weighted by atomic mass is 32.2. The maximum atomic E-state index is 11.7. The molecule has 0 saturated carbocycles. The summed E-state index contributed by atoms with van der Waals surface area (Å²) < 4.78 is 0. The van der Waals surface area contributed by atoms with Crippen LogP contribution in [0.4, 0.5) is 4.79 Å². The van der Waals surface area contributed by atoms with Crippen molar-refractivity contribution < 1.29 is 14.7 Å². The third-order valence-electron chi connectivity index (χ3n) is 4.24. The molecule has 2 rings (SSSR count). The number of carbonyl (C=O) groups excluding carboxylic acids is 2. The van der Waals surface area contributed by atoms with Gasteiger partial charge in [-0.25, -0.2) is 4.79 Å². The van der Waals surface area contributed by atoms with Crippen molar-refractivity contribution in [2.24, 2.45) is 0 Å². The number of aliphatic hydroxyl groups is 1. The van der Waals surface area contributed by atoms with Gasteiger partial charge in [-0.2, -0.15) is 11.8 Å². The molecule has 0 spiro atoms. The third kappa shape index (κ3) is 5.35. The lowest BCUT2D eigenvalue weighted by molar-refractivity contribution is -0.121. The number of carbonyl (C=O) groups is 2. The first-order valence-corrected chi connectivity index (χ1v) is 9.32. The molecule has 0 aromatic rings. The Morgan fingerprint density at radius 2 is 2.09 bits per heavy atom. The highest BCUT2D eigenvalue weighted by molar-refractivity contribution is 8.00.